The first-order valence-corrected chi connectivity index (χ1v) is 10.1. The molecule has 25 heavy (non-hydrogen) atoms. The fourth-order valence-electron chi connectivity index (χ4n) is 2.66. The molecule has 1 amide bonds. The lowest BCUT2D eigenvalue weighted by Crippen LogP contribution is -2.35. The molecule has 0 unspecified atom stereocenters. The molecule has 1 aliphatic carbocycles. The summed E-state index contributed by atoms with van der Waals surface area (Å²) in [7, 11) is -3.69. The van der Waals surface area contributed by atoms with E-state index in [4.69, 9.17) is 0 Å². The van der Waals surface area contributed by atoms with Crippen LogP contribution >= 0.6 is 0 Å². The van der Waals surface area contributed by atoms with Crippen LogP contribution in [0.2, 0.25) is 0 Å². The third-order valence-corrected chi connectivity index (χ3v) is 5.84. The van der Waals surface area contributed by atoms with E-state index < -0.39 is 15.9 Å². The molecule has 8 heteroatoms. The first-order chi connectivity index (χ1) is 11.9. The summed E-state index contributed by atoms with van der Waals surface area (Å²) >= 11 is 0. The van der Waals surface area contributed by atoms with Crippen LogP contribution in [0.25, 0.3) is 5.69 Å². The van der Waals surface area contributed by atoms with E-state index in [2.05, 4.69) is 15.0 Å². The van der Waals surface area contributed by atoms with Gasteiger partial charge in [-0.25, -0.2) is 17.8 Å². The van der Waals surface area contributed by atoms with Crippen molar-refractivity contribution in [2.75, 3.05) is 5.75 Å². The van der Waals surface area contributed by atoms with Crippen molar-refractivity contribution in [1.29, 1.82) is 0 Å². The molecule has 1 aromatic heterocycles. The highest BCUT2D eigenvalue weighted by atomic mass is 32.2. The minimum absolute atomic E-state index is 0.0202. The fraction of sp³-hybridized carbons (Fsp3) is 0.471. The maximum atomic E-state index is 12.5. The third-order valence-electron chi connectivity index (χ3n) is 4.33. The van der Waals surface area contributed by atoms with E-state index in [0.29, 0.717) is 5.69 Å². The van der Waals surface area contributed by atoms with Crippen LogP contribution < -0.4 is 4.72 Å². The Labute approximate surface area is 147 Å². The van der Waals surface area contributed by atoms with Gasteiger partial charge >= 0.3 is 0 Å². The van der Waals surface area contributed by atoms with E-state index in [9.17, 15) is 13.2 Å². The van der Waals surface area contributed by atoms with Crippen molar-refractivity contribution in [3.05, 3.63) is 41.7 Å². The molecule has 2 aromatic rings. The average molecular weight is 362 g/mol. The Bertz CT molecular complexity index is 857. The lowest BCUT2D eigenvalue weighted by atomic mass is 10.2. The van der Waals surface area contributed by atoms with E-state index in [-0.39, 0.29) is 23.3 Å². The van der Waals surface area contributed by atoms with Gasteiger partial charge in [-0.3, -0.25) is 4.79 Å². The number of benzene rings is 1. The molecule has 134 valence electrons. The van der Waals surface area contributed by atoms with Gasteiger partial charge in [0.05, 0.1) is 17.1 Å². The number of carbonyl (C=O) groups is 1. The first-order valence-electron chi connectivity index (χ1n) is 8.47. The topological polar surface area (TPSA) is 93.9 Å². The Hall–Kier alpha value is -2.22. The highest BCUT2D eigenvalue weighted by Gasteiger charge is 2.35. The molecule has 0 aliphatic heterocycles. The zero-order valence-electron chi connectivity index (χ0n) is 14.3. The lowest BCUT2D eigenvalue weighted by Gasteiger charge is -2.11. The van der Waals surface area contributed by atoms with E-state index in [1.165, 1.54) is 0 Å². The van der Waals surface area contributed by atoms with Crippen LogP contribution in [-0.4, -0.2) is 35.1 Å². The summed E-state index contributed by atoms with van der Waals surface area (Å²) in [5.41, 5.74) is 1.58. The molecule has 1 fully saturated rings. The maximum absolute atomic E-state index is 12.5. The maximum Gasteiger partial charge on any atom is 0.287 e. The summed E-state index contributed by atoms with van der Waals surface area (Å²) in [5.74, 6) is -0.616. The fourth-order valence-corrected chi connectivity index (χ4v) is 4.10. The van der Waals surface area contributed by atoms with Gasteiger partial charge in [0.15, 0.2) is 5.69 Å². The molecule has 1 aromatic carbocycles. The molecule has 0 saturated heterocycles. The largest absolute Gasteiger partial charge is 0.287 e. The molecule has 0 spiro atoms. The Morgan fingerprint density at radius 2 is 2.00 bits per heavy atom. The highest BCUT2D eigenvalue weighted by Crippen LogP contribution is 2.41. The van der Waals surface area contributed by atoms with Gasteiger partial charge in [0.2, 0.25) is 10.0 Å². The van der Waals surface area contributed by atoms with E-state index in [0.717, 1.165) is 24.9 Å². The number of rotatable bonds is 7. The van der Waals surface area contributed by atoms with Gasteiger partial charge in [-0.15, -0.1) is 5.10 Å². The van der Waals surface area contributed by atoms with Crippen LogP contribution in [0.3, 0.4) is 0 Å². The van der Waals surface area contributed by atoms with Crippen LogP contribution in [0.15, 0.2) is 30.3 Å². The number of nitrogens with zero attached hydrogens (tertiary/aromatic N) is 3. The predicted octanol–water partition coefficient (Wildman–Crippen LogP) is 2.25. The van der Waals surface area contributed by atoms with Gasteiger partial charge in [-0.1, -0.05) is 43.7 Å². The second kappa shape index (κ2) is 6.95. The Morgan fingerprint density at radius 3 is 2.60 bits per heavy atom. The third kappa shape index (κ3) is 4.07. The molecule has 0 bridgehead atoms. The quantitative estimate of drug-likeness (QED) is 0.815. The highest BCUT2D eigenvalue weighted by molar-refractivity contribution is 7.90. The number of nitrogens with one attached hydrogen (secondary N) is 1. The van der Waals surface area contributed by atoms with Crippen molar-refractivity contribution in [3.8, 4) is 5.69 Å². The molecule has 1 saturated carbocycles. The van der Waals surface area contributed by atoms with Gasteiger partial charge < -0.3 is 0 Å². The van der Waals surface area contributed by atoms with Crippen molar-refractivity contribution in [2.24, 2.45) is 5.92 Å². The van der Waals surface area contributed by atoms with Crippen molar-refractivity contribution in [3.63, 3.8) is 0 Å². The molecule has 1 heterocycles. The summed E-state index contributed by atoms with van der Waals surface area (Å²) in [6.45, 7) is 3.75. The van der Waals surface area contributed by atoms with Gasteiger partial charge in [0.1, 0.15) is 0 Å². The summed E-state index contributed by atoms with van der Waals surface area (Å²) in [6, 6.07) is 9.41. The van der Waals surface area contributed by atoms with Gasteiger partial charge in [0, 0.05) is 5.92 Å². The molecular weight excluding hydrogens is 340 g/mol. The van der Waals surface area contributed by atoms with Crippen molar-refractivity contribution >= 4 is 15.9 Å². The minimum Gasteiger partial charge on any atom is -0.266 e. The molecule has 1 aliphatic rings. The Morgan fingerprint density at radius 1 is 1.32 bits per heavy atom. The molecule has 7 nitrogen and oxygen atoms in total. The lowest BCUT2D eigenvalue weighted by molar-refractivity contribution is 0.0975. The molecular formula is C17H22N4O3S. The molecule has 1 N–H and O–H groups in total. The zero-order chi connectivity index (χ0) is 18.0. The predicted molar refractivity (Wildman–Crippen MR) is 94.0 cm³/mol. The van der Waals surface area contributed by atoms with Gasteiger partial charge in [-0.05, 0) is 30.9 Å². The van der Waals surface area contributed by atoms with Crippen molar-refractivity contribution in [2.45, 2.75) is 39.0 Å². The van der Waals surface area contributed by atoms with Crippen LogP contribution in [0, 0.1) is 5.92 Å². The monoisotopic (exact) mass is 362 g/mol. The summed E-state index contributed by atoms with van der Waals surface area (Å²) < 4.78 is 28.1. The first kappa shape index (κ1) is 17.6. The van der Waals surface area contributed by atoms with Crippen LogP contribution in [0.5, 0.6) is 0 Å². The number of para-hydroxylation sites is 1. The number of hydrogen-bond acceptors (Lipinski definition) is 5. The summed E-state index contributed by atoms with van der Waals surface area (Å²) in [4.78, 5) is 12.5. The number of sulfonamides is 1. The summed E-state index contributed by atoms with van der Waals surface area (Å²) in [6.07, 6.45) is 2.62. The van der Waals surface area contributed by atoms with Gasteiger partial charge in [0.25, 0.3) is 5.91 Å². The normalized spacial score (nSPS) is 15.8. The standard InChI is InChI=1S/C17H22N4O3S/c1-3-12(2)11-25(23,24)19-17(22)15-16(13-9-10-13)21(20-18-15)14-7-5-4-6-8-14/h4-8,12-13H,3,9-11H2,1-2H3,(H,19,22)/t12-/m0/s1. The Balaban J connectivity index is 1.88. The van der Waals surface area contributed by atoms with Crippen LogP contribution in [0.4, 0.5) is 0 Å². The second-order valence-electron chi connectivity index (χ2n) is 6.57. The van der Waals surface area contributed by atoms with Crippen molar-refractivity contribution < 1.29 is 13.2 Å². The van der Waals surface area contributed by atoms with E-state index >= 15 is 0 Å². The SMILES string of the molecule is CC[C@H](C)CS(=O)(=O)NC(=O)c1nnn(-c2ccccc2)c1C1CC1. The van der Waals surface area contributed by atoms with Gasteiger partial charge in [-0.2, -0.15) is 0 Å². The molecule has 0 radical (unpaired) electrons. The number of amides is 1. The van der Waals surface area contributed by atoms with Crippen LogP contribution in [-0.2, 0) is 10.0 Å². The summed E-state index contributed by atoms with van der Waals surface area (Å²) in [5, 5.41) is 8.06. The zero-order valence-corrected chi connectivity index (χ0v) is 15.2. The van der Waals surface area contributed by atoms with Crippen LogP contribution in [0.1, 0.15) is 55.2 Å². The van der Waals surface area contributed by atoms with E-state index in [1.54, 1.807) is 4.68 Å². The van der Waals surface area contributed by atoms with E-state index in [1.807, 2.05) is 44.2 Å². The minimum atomic E-state index is -3.69. The smallest absolute Gasteiger partial charge is 0.266 e. The molecule has 3 rings (SSSR count). The second-order valence-corrected chi connectivity index (χ2v) is 8.34. The number of carbonyl (C=O) groups excluding carboxylic acids is 1. The Kier molecular flexibility index (Phi) is 4.89. The number of hydrogen-bond donors (Lipinski definition) is 1. The van der Waals surface area contributed by atoms with Crippen molar-refractivity contribution in [1.82, 2.24) is 19.7 Å². The number of aromatic nitrogens is 3. The average Bonchev–Trinajstić information content (AvgIpc) is 3.32. The molecule has 1 atom stereocenters.